The predicted octanol–water partition coefficient (Wildman–Crippen LogP) is 0.598. The van der Waals surface area contributed by atoms with Crippen molar-refractivity contribution in [2.75, 3.05) is 13.2 Å². The van der Waals surface area contributed by atoms with E-state index in [2.05, 4.69) is 0 Å². The Labute approximate surface area is 111 Å². The first kappa shape index (κ1) is 14.0. The summed E-state index contributed by atoms with van der Waals surface area (Å²) >= 11 is 1.20. The Hall–Kier alpha value is -0.470. The van der Waals surface area contributed by atoms with Crippen molar-refractivity contribution < 1.29 is 13.5 Å². The summed E-state index contributed by atoms with van der Waals surface area (Å²) in [6, 6.07) is 3.03. The normalized spacial score (nSPS) is 25.7. The van der Waals surface area contributed by atoms with Crippen molar-refractivity contribution in [1.29, 1.82) is 0 Å². The van der Waals surface area contributed by atoms with E-state index in [1.807, 2.05) is 6.92 Å². The van der Waals surface area contributed by atoms with Gasteiger partial charge in [-0.3, -0.25) is 0 Å². The van der Waals surface area contributed by atoms with Gasteiger partial charge < -0.3 is 10.8 Å². The highest BCUT2D eigenvalue weighted by molar-refractivity contribution is 7.91. The van der Waals surface area contributed by atoms with Crippen LogP contribution in [0.25, 0.3) is 0 Å². The molecular weight excluding hydrogens is 272 g/mol. The molecule has 0 aromatic carbocycles. The molecule has 0 bridgehead atoms. The summed E-state index contributed by atoms with van der Waals surface area (Å²) in [5.41, 5.74) is 5.50. The van der Waals surface area contributed by atoms with E-state index in [4.69, 9.17) is 5.73 Å². The van der Waals surface area contributed by atoms with Crippen molar-refractivity contribution in [2.24, 2.45) is 11.7 Å². The number of nitrogens with two attached hydrogens (primary N) is 1. The van der Waals surface area contributed by atoms with Crippen molar-refractivity contribution in [1.82, 2.24) is 4.31 Å². The molecule has 0 saturated carbocycles. The summed E-state index contributed by atoms with van der Waals surface area (Å²) in [5, 5.41) is 9.35. The van der Waals surface area contributed by atoms with E-state index < -0.39 is 10.0 Å². The highest BCUT2D eigenvalue weighted by Gasteiger charge is 2.39. The molecule has 1 aromatic rings. The zero-order chi connectivity index (χ0) is 13.3. The van der Waals surface area contributed by atoms with Crippen LogP contribution in [0, 0.1) is 5.92 Å². The lowest BCUT2D eigenvalue weighted by Crippen LogP contribution is -2.39. The molecule has 5 nitrogen and oxygen atoms in total. The minimum Gasteiger partial charge on any atom is -0.395 e. The molecule has 1 saturated heterocycles. The number of aliphatic hydroxyl groups excluding tert-OH is 1. The molecule has 2 unspecified atom stereocenters. The van der Waals surface area contributed by atoms with Gasteiger partial charge in [-0.05, 0) is 24.5 Å². The van der Waals surface area contributed by atoms with E-state index in [-0.39, 0.29) is 18.6 Å². The van der Waals surface area contributed by atoms with E-state index in [9.17, 15) is 13.5 Å². The fraction of sp³-hybridized carbons (Fsp3) is 0.636. The summed E-state index contributed by atoms with van der Waals surface area (Å²) in [5.74, 6) is 0.193. The molecule has 0 amide bonds. The van der Waals surface area contributed by atoms with Gasteiger partial charge in [0.2, 0.25) is 0 Å². The van der Waals surface area contributed by atoms with Gasteiger partial charge in [0, 0.05) is 18.0 Å². The standard InChI is InChI=1S/C11H18N2O3S2/c1-8-4-5-13(10(8)7-14)18(15,16)11-3-2-9(6-12)17-11/h2-3,8,10,14H,4-7,12H2,1H3. The minimum absolute atomic E-state index is 0.129. The maximum absolute atomic E-state index is 12.5. The molecule has 3 N–H and O–H groups in total. The zero-order valence-corrected chi connectivity index (χ0v) is 11.9. The topological polar surface area (TPSA) is 83.6 Å². The average molecular weight is 290 g/mol. The molecule has 18 heavy (non-hydrogen) atoms. The van der Waals surface area contributed by atoms with Gasteiger partial charge in [0.15, 0.2) is 0 Å². The van der Waals surface area contributed by atoms with Crippen LogP contribution < -0.4 is 5.73 Å². The molecule has 2 rings (SSSR count). The molecule has 0 spiro atoms. The van der Waals surface area contributed by atoms with Gasteiger partial charge in [0.05, 0.1) is 12.6 Å². The molecule has 2 atom stereocenters. The van der Waals surface area contributed by atoms with Crippen molar-refractivity contribution in [3.63, 3.8) is 0 Å². The maximum atomic E-state index is 12.5. The van der Waals surface area contributed by atoms with E-state index in [0.717, 1.165) is 11.3 Å². The Morgan fingerprint density at radius 1 is 1.56 bits per heavy atom. The predicted molar refractivity (Wildman–Crippen MR) is 70.8 cm³/mol. The van der Waals surface area contributed by atoms with Gasteiger partial charge >= 0.3 is 0 Å². The third-order valence-corrected chi connectivity index (χ3v) is 6.92. The second kappa shape index (κ2) is 5.26. The summed E-state index contributed by atoms with van der Waals surface area (Å²) in [6.45, 7) is 2.66. The van der Waals surface area contributed by atoms with Crippen LogP contribution in [0.4, 0.5) is 0 Å². The fourth-order valence-electron chi connectivity index (χ4n) is 2.26. The first-order chi connectivity index (χ1) is 8.50. The van der Waals surface area contributed by atoms with Crippen LogP contribution in [-0.4, -0.2) is 37.0 Å². The first-order valence-electron chi connectivity index (χ1n) is 5.92. The number of nitrogens with zero attached hydrogens (tertiary/aromatic N) is 1. The molecule has 1 aromatic heterocycles. The Morgan fingerprint density at radius 2 is 2.28 bits per heavy atom. The first-order valence-corrected chi connectivity index (χ1v) is 8.18. The van der Waals surface area contributed by atoms with Crippen LogP contribution in [0.2, 0.25) is 0 Å². The van der Waals surface area contributed by atoms with Crippen LogP contribution in [0.1, 0.15) is 18.2 Å². The fourth-order valence-corrected chi connectivity index (χ4v) is 5.36. The summed E-state index contributed by atoms with van der Waals surface area (Å²) in [4.78, 5) is 0.848. The highest BCUT2D eigenvalue weighted by Crippen LogP contribution is 2.32. The van der Waals surface area contributed by atoms with Crippen molar-refractivity contribution in [2.45, 2.75) is 30.1 Å². The van der Waals surface area contributed by atoms with Gasteiger partial charge in [0.25, 0.3) is 10.0 Å². The number of thiophene rings is 1. The number of hydrogen-bond acceptors (Lipinski definition) is 5. The summed E-state index contributed by atoms with van der Waals surface area (Å²) in [6.07, 6.45) is 0.791. The highest BCUT2D eigenvalue weighted by atomic mass is 32.2. The second-order valence-electron chi connectivity index (χ2n) is 4.56. The molecule has 0 radical (unpaired) electrons. The Balaban J connectivity index is 2.31. The van der Waals surface area contributed by atoms with Gasteiger partial charge in [0.1, 0.15) is 4.21 Å². The smallest absolute Gasteiger partial charge is 0.252 e. The number of rotatable bonds is 4. The molecular formula is C11H18N2O3S2. The third kappa shape index (κ3) is 2.33. The SMILES string of the molecule is CC1CCN(S(=O)(=O)c2ccc(CN)s2)C1CO. The largest absolute Gasteiger partial charge is 0.395 e. The third-order valence-electron chi connectivity index (χ3n) is 3.42. The Kier molecular flexibility index (Phi) is 4.08. The van der Waals surface area contributed by atoms with E-state index in [0.29, 0.717) is 17.3 Å². The van der Waals surface area contributed by atoms with Crippen LogP contribution in [0.5, 0.6) is 0 Å². The molecule has 1 fully saturated rings. The van der Waals surface area contributed by atoms with Crippen molar-refractivity contribution in [3.8, 4) is 0 Å². The summed E-state index contributed by atoms with van der Waals surface area (Å²) in [7, 11) is -3.49. The number of aliphatic hydroxyl groups is 1. The molecule has 102 valence electrons. The van der Waals surface area contributed by atoms with Gasteiger partial charge in [-0.2, -0.15) is 4.31 Å². The van der Waals surface area contributed by atoms with Crippen LogP contribution >= 0.6 is 11.3 Å². The van der Waals surface area contributed by atoms with Gasteiger partial charge in [-0.1, -0.05) is 6.92 Å². The zero-order valence-electron chi connectivity index (χ0n) is 10.2. The lowest BCUT2D eigenvalue weighted by molar-refractivity contribution is 0.191. The average Bonchev–Trinajstić information content (AvgIpc) is 2.95. The van der Waals surface area contributed by atoms with Crippen molar-refractivity contribution in [3.05, 3.63) is 17.0 Å². The second-order valence-corrected chi connectivity index (χ2v) is 7.84. The van der Waals surface area contributed by atoms with Gasteiger partial charge in [-0.15, -0.1) is 11.3 Å². The van der Waals surface area contributed by atoms with Gasteiger partial charge in [-0.25, -0.2) is 8.42 Å². The van der Waals surface area contributed by atoms with Crippen LogP contribution in [-0.2, 0) is 16.6 Å². The lowest BCUT2D eigenvalue weighted by atomic mass is 10.0. The number of sulfonamides is 1. The Bertz CT molecular complexity index is 512. The summed E-state index contributed by atoms with van der Waals surface area (Å²) < 4.78 is 26.7. The van der Waals surface area contributed by atoms with E-state index in [1.165, 1.54) is 15.6 Å². The molecule has 1 aliphatic heterocycles. The van der Waals surface area contributed by atoms with Crippen LogP contribution in [0.3, 0.4) is 0 Å². The minimum atomic E-state index is -3.49. The van der Waals surface area contributed by atoms with Crippen molar-refractivity contribution >= 4 is 21.4 Å². The quantitative estimate of drug-likeness (QED) is 0.850. The lowest BCUT2D eigenvalue weighted by Gasteiger charge is -2.23. The molecule has 7 heteroatoms. The molecule has 1 aliphatic rings. The molecule has 0 aliphatic carbocycles. The van der Waals surface area contributed by atoms with Crippen LogP contribution in [0.15, 0.2) is 16.3 Å². The van der Waals surface area contributed by atoms with E-state index >= 15 is 0 Å². The maximum Gasteiger partial charge on any atom is 0.252 e. The Morgan fingerprint density at radius 3 is 2.83 bits per heavy atom. The number of hydrogen-bond donors (Lipinski definition) is 2. The molecule has 2 heterocycles. The van der Waals surface area contributed by atoms with E-state index in [1.54, 1.807) is 12.1 Å². The monoisotopic (exact) mass is 290 g/mol.